The van der Waals surface area contributed by atoms with Gasteiger partial charge in [0, 0.05) is 45.1 Å². The Balaban J connectivity index is 1.64. The minimum atomic E-state index is 0.609. The maximum Gasteiger partial charge on any atom is 0.218 e. The van der Waals surface area contributed by atoms with Crippen LogP contribution in [0, 0.1) is 5.92 Å². The maximum absolute atomic E-state index is 5.62. The van der Waals surface area contributed by atoms with Crippen molar-refractivity contribution in [3.63, 3.8) is 0 Å². The molecule has 1 aromatic heterocycles. The van der Waals surface area contributed by atoms with E-state index in [0.717, 1.165) is 43.6 Å². The van der Waals surface area contributed by atoms with Gasteiger partial charge in [0.2, 0.25) is 5.88 Å². The number of hydrogen-bond donors (Lipinski definition) is 2. The molecule has 1 aliphatic rings. The molecule has 0 atom stereocenters. The minimum absolute atomic E-state index is 0.609. The van der Waals surface area contributed by atoms with Crippen LogP contribution in [0.15, 0.2) is 23.3 Å². The van der Waals surface area contributed by atoms with Gasteiger partial charge in [-0.3, -0.25) is 4.99 Å². The van der Waals surface area contributed by atoms with E-state index in [2.05, 4.69) is 20.6 Å². The molecule has 0 spiro atoms. The summed E-state index contributed by atoms with van der Waals surface area (Å²) in [6.45, 7) is 5.76. The Kier molecular flexibility index (Phi) is 7.66. The summed E-state index contributed by atoms with van der Waals surface area (Å²) in [5, 5.41) is 6.57. The topological polar surface area (TPSA) is 67.8 Å². The highest BCUT2D eigenvalue weighted by molar-refractivity contribution is 5.79. The third-order valence-corrected chi connectivity index (χ3v) is 3.61. The second-order valence-corrected chi connectivity index (χ2v) is 5.63. The number of aliphatic imine (C=N–C) groups is 1. The van der Waals surface area contributed by atoms with Crippen LogP contribution < -0.4 is 15.4 Å². The van der Waals surface area contributed by atoms with E-state index in [4.69, 9.17) is 9.47 Å². The lowest BCUT2D eigenvalue weighted by Crippen LogP contribution is -2.37. The van der Waals surface area contributed by atoms with Gasteiger partial charge in [-0.15, -0.1) is 0 Å². The SMILES string of the molecule is CCOc1ncccc1CNC(=NC)NCCCOCC1CC1. The molecule has 6 nitrogen and oxygen atoms in total. The van der Waals surface area contributed by atoms with Crippen LogP contribution in [0.4, 0.5) is 0 Å². The highest BCUT2D eigenvalue weighted by Gasteiger charge is 2.20. The van der Waals surface area contributed by atoms with Crippen LogP contribution in [-0.2, 0) is 11.3 Å². The summed E-state index contributed by atoms with van der Waals surface area (Å²) in [5.74, 6) is 2.28. The zero-order valence-corrected chi connectivity index (χ0v) is 14.2. The summed E-state index contributed by atoms with van der Waals surface area (Å²) < 4.78 is 11.1. The van der Waals surface area contributed by atoms with E-state index in [1.807, 2.05) is 19.1 Å². The van der Waals surface area contributed by atoms with Crippen molar-refractivity contribution < 1.29 is 9.47 Å². The van der Waals surface area contributed by atoms with Gasteiger partial charge in [0.1, 0.15) is 0 Å². The molecule has 1 aliphatic carbocycles. The van der Waals surface area contributed by atoms with Gasteiger partial charge in [0.15, 0.2) is 5.96 Å². The van der Waals surface area contributed by atoms with Crippen molar-refractivity contribution in [3.8, 4) is 5.88 Å². The summed E-state index contributed by atoms with van der Waals surface area (Å²) >= 11 is 0. The predicted octanol–water partition coefficient (Wildman–Crippen LogP) is 1.96. The van der Waals surface area contributed by atoms with E-state index in [-0.39, 0.29) is 0 Å². The Morgan fingerprint density at radius 2 is 2.26 bits per heavy atom. The van der Waals surface area contributed by atoms with Crippen molar-refractivity contribution in [1.29, 1.82) is 0 Å². The van der Waals surface area contributed by atoms with Crippen LogP contribution >= 0.6 is 0 Å². The summed E-state index contributed by atoms with van der Waals surface area (Å²) in [7, 11) is 1.77. The lowest BCUT2D eigenvalue weighted by atomic mass is 10.2. The summed E-state index contributed by atoms with van der Waals surface area (Å²) in [6, 6.07) is 3.91. The van der Waals surface area contributed by atoms with E-state index in [9.17, 15) is 0 Å². The van der Waals surface area contributed by atoms with Gasteiger partial charge >= 0.3 is 0 Å². The molecule has 0 unspecified atom stereocenters. The third-order valence-electron chi connectivity index (χ3n) is 3.61. The van der Waals surface area contributed by atoms with Gasteiger partial charge in [0.25, 0.3) is 0 Å². The van der Waals surface area contributed by atoms with Gasteiger partial charge in [-0.2, -0.15) is 0 Å². The number of nitrogens with zero attached hydrogens (tertiary/aromatic N) is 2. The largest absolute Gasteiger partial charge is 0.478 e. The van der Waals surface area contributed by atoms with Crippen LogP contribution in [0.2, 0.25) is 0 Å². The molecule has 1 heterocycles. The predicted molar refractivity (Wildman–Crippen MR) is 91.8 cm³/mol. The molecule has 128 valence electrons. The fourth-order valence-corrected chi connectivity index (χ4v) is 2.14. The molecule has 0 saturated heterocycles. The van der Waals surface area contributed by atoms with Crippen LogP contribution in [0.3, 0.4) is 0 Å². The smallest absolute Gasteiger partial charge is 0.218 e. The zero-order valence-electron chi connectivity index (χ0n) is 14.2. The molecule has 2 N–H and O–H groups in total. The Bertz CT molecular complexity index is 489. The highest BCUT2D eigenvalue weighted by Crippen LogP contribution is 2.28. The van der Waals surface area contributed by atoms with Gasteiger partial charge in [-0.05, 0) is 38.2 Å². The van der Waals surface area contributed by atoms with E-state index in [1.54, 1.807) is 13.2 Å². The van der Waals surface area contributed by atoms with Crippen LogP contribution in [0.1, 0.15) is 31.7 Å². The number of rotatable bonds is 10. The van der Waals surface area contributed by atoms with E-state index >= 15 is 0 Å². The minimum Gasteiger partial charge on any atom is -0.478 e. The van der Waals surface area contributed by atoms with Crippen molar-refractivity contribution in [2.24, 2.45) is 10.9 Å². The number of hydrogen-bond acceptors (Lipinski definition) is 4. The summed E-state index contributed by atoms with van der Waals surface area (Å²) in [6.07, 6.45) is 5.40. The molecule has 1 fully saturated rings. The van der Waals surface area contributed by atoms with Gasteiger partial charge < -0.3 is 20.1 Å². The monoisotopic (exact) mass is 320 g/mol. The highest BCUT2D eigenvalue weighted by atomic mass is 16.5. The number of pyridine rings is 1. The Morgan fingerprint density at radius 1 is 1.39 bits per heavy atom. The fraction of sp³-hybridized carbons (Fsp3) is 0.647. The fourth-order valence-electron chi connectivity index (χ4n) is 2.14. The average Bonchev–Trinajstić information content (AvgIpc) is 3.39. The van der Waals surface area contributed by atoms with E-state index < -0.39 is 0 Å². The van der Waals surface area contributed by atoms with Crippen molar-refractivity contribution in [2.75, 3.05) is 33.4 Å². The number of ether oxygens (including phenoxy) is 2. The van der Waals surface area contributed by atoms with Crippen molar-refractivity contribution in [3.05, 3.63) is 23.9 Å². The summed E-state index contributed by atoms with van der Waals surface area (Å²) in [4.78, 5) is 8.48. The molecule has 23 heavy (non-hydrogen) atoms. The molecule has 2 rings (SSSR count). The Labute approximate surface area is 138 Å². The van der Waals surface area contributed by atoms with Gasteiger partial charge in [0.05, 0.1) is 6.61 Å². The van der Waals surface area contributed by atoms with E-state index in [1.165, 1.54) is 12.8 Å². The second kappa shape index (κ2) is 10.0. The van der Waals surface area contributed by atoms with Gasteiger partial charge in [-0.25, -0.2) is 4.98 Å². The van der Waals surface area contributed by atoms with Crippen LogP contribution in [0.5, 0.6) is 5.88 Å². The zero-order chi connectivity index (χ0) is 16.3. The lowest BCUT2D eigenvalue weighted by Gasteiger charge is -2.13. The lowest BCUT2D eigenvalue weighted by molar-refractivity contribution is 0.123. The van der Waals surface area contributed by atoms with Crippen molar-refractivity contribution in [2.45, 2.75) is 32.7 Å². The second-order valence-electron chi connectivity index (χ2n) is 5.63. The normalized spacial score (nSPS) is 14.6. The van der Waals surface area contributed by atoms with Crippen LogP contribution in [0.25, 0.3) is 0 Å². The quantitative estimate of drug-likeness (QED) is 0.392. The third kappa shape index (κ3) is 6.86. The molecule has 0 aliphatic heterocycles. The van der Waals surface area contributed by atoms with Crippen molar-refractivity contribution >= 4 is 5.96 Å². The maximum atomic E-state index is 5.62. The number of nitrogens with one attached hydrogen (secondary N) is 2. The molecule has 0 aromatic carbocycles. The van der Waals surface area contributed by atoms with Crippen molar-refractivity contribution in [1.82, 2.24) is 15.6 Å². The van der Waals surface area contributed by atoms with Gasteiger partial charge in [-0.1, -0.05) is 6.07 Å². The first-order valence-electron chi connectivity index (χ1n) is 8.42. The molecule has 1 saturated carbocycles. The molecule has 6 heteroatoms. The molecule has 0 radical (unpaired) electrons. The number of aromatic nitrogens is 1. The van der Waals surface area contributed by atoms with E-state index in [0.29, 0.717) is 19.0 Å². The number of guanidine groups is 1. The molecule has 1 aromatic rings. The summed E-state index contributed by atoms with van der Waals surface area (Å²) in [5.41, 5.74) is 1.02. The first-order valence-corrected chi connectivity index (χ1v) is 8.42. The molecule has 0 bridgehead atoms. The standard InChI is InChI=1S/C17H28N4O2/c1-3-23-16-15(6-4-9-19-16)12-21-17(18-2)20-10-5-11-22-13-14-7-8-14/h4,6,9,14H,3,5,7-8,10-13H2,1-2H3,(H2,18,20,21). The molecular formula is C17H28N4O2. The first-order chi connectivity index (χ1) is 11.3. The molecular weight excluding hydrogens is 292 g/mol. The Morgan fingerprint density at radius 3 is 3.00 bits per heavy atom. The van der Waals surface area contributed by atoms with Crippen LogP contribution in [-0.4, -0.2) is 44.4 Å². The first kappa shape index (κ1) is 17.5. The molecule has 0 amide bonds. The average molecular weight is 320 g/mol. The Hall–Kier alpha value is -1.82.